The highest BCUT2D eigenvalue weighted by atomic mass is 15.3. The van der Waals surface area contributed by atoms with Crippen molar-refractivity contribution in [1.82, 2.24) is 14.9 Å². The molecule has 0 saturated carbocycles. The van der Waals surface area contributed by atoms with E-state index in [1.807, 2.05) is 6.92 Å². The van der Waals surface area contributed by atoms with E-state index in [2.05, 4.69) is 39.7 Å². The molecule has 1 aromatic rings. The van der Waals surface area contributed by atoms with Crippen molar-refractivity contribution < 1.29 is 0 Å². The van der Waals surface area contributed by atoms with Crippen molar-refractivity contribution in [3.05, 3.63) is 11.9 Å². The molecule has 0 aliphatic rings. The Morgan fingerprint density at radius 3 is 2.59 bits per heavy atom. The molecule has 0 fully saturated rings. The average Bonchev–Trinajstić information content (AvgIpc) is 2.30. The molecule has 17 heavy (non-hydrogen) atoms. The lowest BCUT2D eigenvalue weighted by Crippen LogP contribution is -2.15. The molecule has 6 heteroatoms. The Bertz CT molecular complexity index is 339. The molecule has 1 heterocycles. The van der Waals surface area contributed by atoms with Crippen LogP contribution >= 0.6 is 0 Å². The zero-order valence-electron chi connectivity index (χ0n) is 10.8. The van der Waals surface area contributed by atoms with Gasteiger partial charge in [-0.25, -0.2) is 15.8 Å². The van der Waals surface area contributed by atoms with Gasteiger partial charge in [-0.15, -0.1) is 0 Å². The first-order valence-corrected chi connectivity index (χ1v) is 5.82. The zero-order chi connectivity index (χ0) is 12.7. The van der Waals surface area contributed by atoms with Gasteiger partial charge in [-0.05, 0) is 40.4 Å². The van der Waals surface area contributed by atoms with Crippen molar-refractivity contribution in [2.45, 2.75) is 19.8 Å². The van der Waals surface area contributed by atoms with Crippen LogP contribution in [0.4, 0.5) is 11.6 Å². The van der Waals surface area contributed by atoms with Crippen LogP contribution in [0.3, 0.4) is 0 Å². The number of nitrogens with one attached hydrogen (secondary N) is 2. The molecule has 4 N–H and O–H groups in total. The number of aromatic nitrogens is 2. The Morgan fingerprint density at radius 1 is 1.24 bits per heavy atom. The number of anilines is 2. The van der Waals surface area contributed by atoms with Crippen LogP contribution in [0.2, 0.25) is 0 Å². The maximum Gasteiger partial charge on any atom is 0.148 e. The molecule has 0 aliphatic heterocycles. The Balaban J connectivity index is 2.36. The van der Waals surface area contributed by atoms with E-state index < -0.39 is 0 Å². The van der Waals surface area contributed by atoms with E-state index in [-0.39, 0.29) is 0 Å². The first-order chi connectivity index (χ1) is 8.15. The van der Waals surface area contributed by atoms with Crippen molar-refractivity contribution in [1.29, 1.82) is 0 Å². The summed E-state index contributed by atoms with van der Waals surface area (Å²) in [5, 5.41) is 3.30. The van der Waals surface area contributed by atoms with Crippen molar-refractivity contribution >= 4 is 11.6 Å². The van der Waals surface area contributed by atoms with Gasteiger partial charge in [-0.2, -0.15) is 0 Å². The minimum Gasteiger partial charge on any atom is -0.370 e. The number of hydrogen-bond acceptors (Lipinski definition) is 6. The fourth-order valence-electron chi connectivity index (χ4n) is 1.53. The van der Waals surface area contributed by atoms with Crippen LogP contribution in [0.5, 0.6) is 0 Å². The topological polar surface area (TPSA) is 79.1 Å². The predicted octanol–water partition coefficient (Wildman–Crippen LogP) is 0.824. The van der Waals surface area contributed by atoms with Crippen LogP contribution in [-0.4, -0.2) is 42.1 Å². The lowest BCUT2D eigenvalue weighted by atomic mass is 10.2. The largest absolute Gasteiger partial charge is 0.370 e. The second kappa shape index (κ2) is 7.03. The normalized spacial score (nSPS) is 10.6. The van der Waals surface area contributed by atoms with Gasteiger partial charge in [0.2, 0.25) is 0 Å². The predicted molar refractivity (Wildman–Crippen MR) is 70.9 cm³/mol. The number of unbranched alkanes of at least 4 members (excludes halogenated alkanes) is 1. The number of nitrogens with zero attached hydrogens (tertiary/aromatic N) is 3. The lowest BCUT2D eigenvalue weighted by molar-refractivity contribution is 0.396. The van der Waals surface area contributed by atoms with Gasteiger partial charge >= 0.3 is 0 Å². The minimum absolute atomic E-state index is 0.663. The van der Waals surface area contributed by atoms with E-state index in [0.717, 1.165) is 30.9 Å². The number of hydrazine groups is 1. The molecule has 0 aromatic carbocycles. The van der Waals surface area contributed by atoms with Gasteiger partial charge < -0.3 is 15.6 Å². The third kappa shape index (κ3) is 4.54. The highest BCUT2D eigenvalue weighted by molar-refractivity contribution is 5.55. The van der Waals surface area contributed by atoms with Crippen LogP contribution in [0.15, 0.2) is 6.33 Å². The van der Waals surface area contributed by atoms with Gasteiger partial charge in [0.1, 0.15) is 18.0 Å². The molecule has 0 radical (unpaired) electrons. The summed E-state index contributed by atoms with van der Waals surface area (Å²) in [5.74, 6) is 6.86. The van der Waals surface area contributed by atoms with Crippen LogP contribution in [0.1, 0.15) is 18.4 Å². The second-order valence-corrected chi connectivity index (χ2v) is 4.28. The van der Waals surface area contributed by atoms with Gasteiger partial charge in [0.05, 0.1) is 0 Å². The SMILES string of the molecule is Cc1c(NN)ncnc1NCCCCN(C)C. The van der Waals surface area contributed by atoms with Crippen LogP contribution in [0.25, 0.3) is 0 Å². The molecular weight excluding hydrogens is 216 g/mol. The molecule has 0 unspecified atom stereocenters. The lowest BCUT2D eigenvalue weighted by Gasteiger charge is -2.12. The molecule has 0 aliphatic carbocycles. The van der Waals surface area contributed by atoms with Crippen molar-refractivity contribution in [2.75, 3.05) is 37.9 Å². The molecule has 0 spiro atoms. The van der Waals surface area contributed by atoms with Crippen molar-refractivity contribution in [3.63, 3.8) is 0 Å². The Hall–Kier alpha value is -1.40. The van der Waals surface area contributed by atoms with E-state index in [0.29, 0.717) is 5.82 Å². The van der Waals surface area contributed by atoms with E-state index in [1.165, 1.54) is 12.7 Å². The molecule has 96 valence electrons. The van der Waals surface area contributed by atoms with Crippen LogP contribution < -0.4 is 16.6 Å². The highest BCUT2D eigenvalue weighted by Gasteiger charge is 2.04. The summed E-state index contributed by atoms with van der Waals surface area (Å²) >= 11 is 0. The molecule has 0 bridgehead atoms. The van der Waals surface area contributed by atoms with E-state index >= 15 is 0 Å². The third-order valence-corrected chi connectivity index (χ3v) is 2.55. The summed E-state index contributed by atoms with van der Waals surface area (Å²) in [6.07, 6.45) is 3.80. The zero-order valence-corrected chi connectivity index (χ0v) is 10.8. The Labute approximate surface area is 103 Å². The Kier molecular flexibility index (Phi) is 5.65. The standard InChI is InChI=1S/C11H22N6/c1-9-10(14-8-15-11(9)16-12)13-6-4-5-7-17(2)3/h8H,4-7,12H2,1-3H3,(H2,13,14,15,16). The fourth-order valence-corrected chi connectivity index (χ4v) is 1.53. The molecule has 0 saturated heterocycles. The maximum absolute atomic E-state index is 5.36. The molecule has 0 amide bonds. The highest BCUT2D eigenvalue weighted by Crippen LogP contribution is 2.16. The van der Waals surface area contributed by atoms with Crippen LogP contribution in [-0.2, 0) is 0 Å². The minimum atomic E-state index is 0.663. The van der Waals surface area contributed by atoms with E-state index in [9.17, 15) is 0 Å². The molecule has 6 nitrogen and oxygen atoms in total. The van der Waals surface area contributed by atoms with Gasteiger partial charge in [-0.1, -0.05) is 0 Å². The molecule has 1 aromatic heterocycles. The van der Waals surface area contributed by atoms with Gasteiger partial charge in [0.25, 0.3) is 0 Å². The molecule has 0 atom stereocenters. The second-order valence-electron chi connectivity index (χ2n) is 4.28. The fraction of sp³-hybridized carbons (Fsp3) is 0.636. The molecular formula is C11H22N6. The number of nitrogens with two attached hydrogens (primary N) is 1. The summed E-state index contributed by atoms with van der Waals surface area (Å²) in [5.41, 5.74) is 3.50. The summed E-state index contributed by atoms with van der Waals surface area (Å²) in [6, 6.07) is 0. The smallest absolute Gasteiger partial charge is 0.148 e. The quantitative estimate of drug-likeness (QED) is 0.371. The third-order valence-electron chi connectivity index (χ3n) is 2.55. The van der Waals surface area contributed by atoms with E-state index in [1.54, 1.807) is 0 Å². The first kappa shape index (κ1) is 13.7. The van der Waals surface area contributed by atoms with Gasteiger partial charge in [-0.3, -0.25) is 0 Å². The van der Waals surface area contributed by atoms with Crippen LogP contribution in [0, 0.1) is 6.92 Å². The summed E-state index contributed by atoms with van der Waals surface area (Å²) in [7, 11) is 4.17. The molecule has 1 rings (SSSR count). The van der Waals surface area contributed by atoms with Gasteiger partial charge in [0.15, 0.2) is 0 Å². The maximum atomic E-state index is 5.36. The van der Waals surface area contributed by atoms with Crippen molar-refractivity contribution in [2.24, 2.45) is 5.84 Å². The number of nitrogen functional groups attached to an aromatic ring is 1. The summed E-state index contributed by atoms with van der Waals surface area (Å²) in [4.78, 5) is 10.4. The van der Waals surface area contributed by atoms with Crippen molar-refractivity contribution in [3.8, 4) is 0 Å². The Morgan fingerprint density at radius 2 is 1.94 bits per heavy atom. The average molecular weight is 238 g/mol. The summed E-state index contributed by atoms with van der Waals surface area (Å²) < 4.78 is 0. The first-order valence-electron chi connectivity index (χ1n) is 5.82. The number of rotatable bonds is 7. The number of hydrogen-bond donors (Lipinski definition) is 3. The van der Waals surface area contributed by atoms with Gasteiger partial charge in [0, 0.05) is 12.1 Å². The monoisotopic (exact) mass is 238 g/mol. The van der Waals surface area contributed by atoms with E-state index in [4.69, 9.17) is 5.84 Å². The summed E-state index contributed by atoms with van der Waals surface area (Å²) in [6.45, 7) is 3.97.